The third-order valence-corrected chi connectivity index (χ3v) is 2.51. The Morgan fingerprint density at radius 1 is 1.42 bits per heavy atom. The number of rotatable bonds is 4. The predicted molar refractivity (Wildman–Crippen MR) is 57.8 cm³/mol. The highest BCUT2D eigenvalue weighted by atomic mass is 79.9. The van der Waals surface area contributed by atoms with Gasteiger partial charge in [0.15, 0.2) is 0 Å². The average Bonchev–Trinajstić information content (AvgIpc) is 2.25. The van der Waals surface area contributed by atoms with Crippen molar-refractivity contribution in [1.29, 1.82) is 5.26 Å². The van der Waals surface area contributed by atoms with Gasteiger partial charge in [0.05, 0.1) is 29.4 Å². The highest BCUT2D eigenvalue weighted by molar-refractivity contribution is 9.08. The zero-order valence-corrected chi connectivity index (χ0v) is 10.7. The molecule has 1 aromatic heterocycles. The number of nitrogens with zero attached hydrogens (tertiary/aromatic N) is 2. The number of hydrogen-bond donors (Lipinski definition) is 0. The normalized spacial score (nSPS) is 11.5. The van der Waals surface area contributed by atoms with Crippen LogP contribution in [-0.4, -0.2) is 11.3 Å². The Labute approximate surface area is 113 Å². The van der Waals surface area contributed by atoms with Crippen LogP contribution in [0.4, 0.5) is 22.0 Å². The van der Waals surface area contributed by atoms with Crippen LogP contribution in [0.15, 0.2) is 6.07 Å². The average molecular weight is 345 g/mol. The van der Waals surface area contributed by atoms with Gasteiger partial charge in [-0.1, -0.05) is 15.9 Å². The van der Waals surface area contributed by atoms with Crippen LogP contribution in [0.1, 0.15) is 23.4 Å². The molecule has 1 aromatic rings. The fourth-order valence-electron chi connectivity index (χ4n) is 1.35. The SMILES string of the molecule is N#CCc1cc(OC(F)(F)F)c(C(F)F)c(CBr)n1. The first-order valence-corrected chi connectivity index (χ1v) is 5.90. The van der Waals surface area contributed by atoms with E-state index in [2.05, 4.69) is 25.7 Å². The third-order valence-electron chi connectivity index (χ3n) is 1.98. The highest BCUT2D eigenvalue weighted by Gasteiger charge is 2.34. The zero-order valence-electron chi connectivity index (χ0n) is 9.14. The van der Waals surface area contributed by atoms with Crippen molar-refractivity contribution in [2.75, 3.05) is 0 Å². The second-order valence-electron chi connectivity index (χ2n) is 3.29. The summed E-state index contributed by atoms with van der Waals surface area (Å²) in [6, 6.07) is 2.37. The maximum absolute atomic E-state index is 12.8. The monoisotopic (exact) mass is 344 g/mol. The van der Waals surface area contributed by atoms with E-state index in [4.69, 9.17) is 5.26 Å². The van der Waals surface area contributed by atoms with Crippen molar-refractivity contribution in [2.24, 2.45) is 0 Å². The lowest BCUT2D eigenvalue weighted by atomic mass is 10.1. The van der Waals surface area contributed by atoms with Crippen LogP contribution < -0.4 is 4.74 Å². The van der Waals surface area contributed by atoms with Gasteiger partial charge in [0.1, 0.15) is 5.75 Å². The highest BCUT2D eigenvalue weighted by Crippen LogP contribution is 2.36. The van der Waals surface area contributed by atoms with E-state index in [9.17, 15) is 22.0 Å². The Kier molecular flexibility index (Phi) is 5.05. The van der Waals surface area contributed by atoms with Crippen LogP contribution in [-0.2, 0) is 11.8 Å². The summed E-state index contributed by atoms with van der Waals surface area (Å²) >= 11 is 2.86. The Balaban J connectivity index is 3.37. The zero-order chi connectivity index (χ0) is 14.6. The van der Waals surface area contributed by atoms with Crippen molar-refractivity contribution >= 4 is 15.9 Å². The molecule has 0 radical (unpaired) electrons. The van der Waals surface area contributed by atoms with Crippen molar-refractivity contribution in [3.63, 3.8) is 0 Å². The molecule has 9 heteroatoms. The molecule has 104 valence electrons. The largest absolute Gasteiger partial charge is 0.573 e. The molecule has 0 aliphatic heterocycles. The summed E-state index contributed by atoms with van der Waals surface area (Å²) in [5, 5.41) is 8.29. The lowest BCUT2D eigenvalue weighted by Crippen LogP contribution is -2.19. The first kappa shape index (κ1) is 15.6. The lowest BCUT2D eigenvalue weighted by molar-refractivity contribution is -0.275. The summed E-state index contributed by atoms with van der Waals surface area (Å²) in [5.41, 5.74) is -1.29. The Hall–Kier alpha value is -1.43. The van der Waals surface area contributed by atoms with Crippen molar-refractivity contribution in [1.82, 2.24) is 4.98 Å². The summed E-state index contributed by atoms with van der Waals surface area (Å²) in [7, 11) is 0. The molecule has 0 bridgehead atoms. The van der Waals surface area contributed by atoms with E-state index in [-0.39, 0.29) is 23.1 Å². The Morgan fingerprint density at radius 3 is 2.47 bits per heavy atom. The smallest absolute Gasteiger partial charge is 0.405 e. The van der Waals surface area contributed by atoms with E-state index < -0.39 is 24.1 Å². The number of alkyl halides is 6. The van der Waals surface area contributed by atoms with Gasteiger partial charge in [0.2, 0.25) is 0 Å². The summed E-state index contributed by atoms with van der Waals surface area (Å²) < 4.78 is 65.7. The van der Waals surface area contributed by atoms with Crippen LogP contribution in [0.25, 0.3) is 0 Å². The Morgan fingerprint density at radius 2 is 2.05 bits per heavy atom. The minimum Gasteiger partial charge on any atom is -0.405 e. The van der Waals surface area contributed by atoms with Gasteiger partial charge in [0, 0.05) is 11.4 Å². The van der Waals surface area contributed by atoms with E-state index in [1.54, 1.807) is 6.07 Å². The van der Waals surface area contributed by atoms with Crippen molar-refractivity contribution in [3.8, 4) is 11.8 Å². The van der Waals surface area contributed by atoms with Crippen LogP contribution in [0.5, 0.6) is 5.75 Å². The van der Waals surface area contributed by atoms with E-state index in [1.165, 1.54) is 0 Å². The minimum absolute atomic E-state index is 0.0689. The van der Waals surface area contributed by atoms with Gasteiger partial charge in [-0.15, -0.1) is 13.2 Å². The third kappa shape index (κ3) is 4.31. The fourth-order valence-corrected chi connectivity index (χ4v) is 1.78. The van der Waals surface area contributed by atoms with Crippen molar-refractivity contribution in [2.45, 2.75) is 24.5 Å². The lowest BCUT2D eigenvalue weighted by Gasteiger charge is -2.16. The standard InChI is InChI=1S/C10H6BrF5N2O/c11-4-6-8(9(12)13)7(19-10(14,15)16)3-5(18-6)1-2-17/h3,9H,1,4H2. The predicted octanol–water partition coefficient (Wildman–Crippen LogP) is 3.88. The Bertz CT molecular complexity index is 498. The molecule has 1 rings (SSSR count). The van der Waals surface area contributed by atoms with E-state index in [0.717, 1.165) is 0 Å². The first-order chi connectivity index (χ1) is 8.78. The van der Waals surface area contributed by atoms with Crippen molar-refractivity contribution < 1.29 is 26.7 Å². The van der Waals surface area contributed by atoms with Crippen LogP contribution >= 0.6 is 15.9 Å². The van der Waals surface area contributed by atoms with Gasteiger partial charge in [-0.2, -0.15) is 5.26 Å². The molecular formula is C10H6BrF5N2O. The van der Waals surface area contributed by atoms with E-state index in [1.807, 2.05) is 0 Å². The molecule has 0 aliphatic carbocycles. The molecule has 0 amide bonds. The van der Waals surface area contributed by atoms with Gasteiger partial charge in [-0.05, 0) is 0 Å². The summed E-state index contributed by atoms with van der Waals surface area (Å²) in [5.74, 6) is -1.03. The van der Waals surface area contributed by atoms with Crippen molar-refractivity contribution in [3.05, 3.63) is 23.0 Å². The molecule has 3 nitrogen and oxygen atoms in total. The molecule has 0 saturated heterocycles. The number of hydrogen-bond acceptors (Lipinski definition) is 3. The van der Waals surface area contributed by atoms with Gasteiger partial charge in [0.25, 0.3) is 6.43 Å². The van der Waals surface area contributed by atoms with Crippen LogP contribution in [0, 0.1) is 11.3 Å². The molecule has 0 fully saturated rings. The van der Waals surface area contributed by atoms with E-state index >= 15 is 0 Å². The second-order valence-corrected chi connectivity index (χ2v) is 3.85. The minimum atomic E-state index is -5.10. The molecule has 0 atom stereocenters. The van der Waals surface area contributed by atoms with Crippen LogP contribution in [0.2, 0.25) is 0 Å². The maximum Gasteiger partial charge on any atom is 0.573 e. The maximum atomic E-state index is 12.8. The number of nitriles is 1. The number of pyridine rings is 1. The first-order valence-electron chi connectivity index (χ1n) is 4.78. The summed E-state index contributed by atoms with van der Waals surface area (Å²) in [6.45, 7) is 0. The molecular weight excluding hydrogens is 339 g/mol. The molecule has 0 unspecified atom stereocenters. The number of aromatic nitrogens is 1. The van der Waals surface area contributed by atoms with E-state index in [0.29, 0.717) is 6.07 Å². The number of halogens is 6. The molecule has 0 spiro atoms. The van der Waals surface area contributed by atoms with Gasteiger partial charge < -0.3 is 4.74 Å². The molecule has 0 aromatic carbocycles. The number of ether oxygens (including phenoxy) is 1. The molecule has 0 saturated carbocycles. The molecule has 0 N–H and O–H groups in total. The van der Waals surface area contributed by atoms with Crippen LogP contribution in [0.3, 0.4) is 0 Å². The molecule has 1 heterocycles. The quantitative estimate of drug-likeness (QED) is 0.615. The summed E-state index contributed by atoms with van der Waals surface area (Å²) in [4.78, 5) is 3.70. The van der Waals surface area contributed by atoms with Gasteiger partial charge in [-0.3, -0.25) is 4.98 Å². The van der Waals surface area contributed by atoms with Gasteiger partial charge in [-0.25, -0.2) is 8.78 Å². The second kappa shape index (κ2) is 6.14. The fraction of sp³-hybridized carbons (Fsp3) is 0.400. The molecule has 0 aliphatic rings. The summed E-state index contributed by atoms with van der Waals surface area (Å²) in [6.07, 6.45) is -8.58. The molecule has 19 heavy (non-hydrogen) atoms. The topological polar surface area (TPSA) is 45.9 Å². The van der Waals surface area contributed by atoms with Gasteiger partial charge >= 0.3 is 6.36 Å².